The number of pyridine rings is 1. The maximum atomic E-state index is 13.0. The van der Waals surface area contributed by atoms with Crippen molar-refractivity contribution in [3.8, 4) is 0 Å². The lowest BCUT2D eigenvalue weighted by Gasteiger charge is -2.21. The molecular weight excluding hydrogens is 465 g/mol. The summed E-state index contributed by atoms with van der Waals surface area (Å²) >= 11 is 0. The van der Waals surface area contributed by atoms with E-state index in [0.717, 1.165) is 6.07 Å². The van der Waals surface area contributed by atoms with Gasteiger partial charge in [0.2, 0.25) is 0 Å². The molecule has 2 fully saturated rings. The molecule has 0 radical (unpaired) electrons. The predicted octanol–water partition coefficient (Wildman–Crippen LogP) is 4.45. The van der Waals surface area contributed by atoms with E-state index in [1.54, 1.807) is 0 Å². The summed E-state index contributed by atoms with van der Waals surface area (Å²) in [4.78, 5) is 31.0. The number of ketones is 2. The van der Waals surface area contributed by atoms with Gasteiger partial charge in [0.05, 0.1) is 25.5 Å². The van der Waals surface area contributed by atoms with E-state index >= 15 is 0 Å². The van der Waals surface area contributed by atoms with E-state index < -0.39 is 29.2 Å². The van der Waals surface area contributed by atoms with Gasteiger partial charge in [0, 0.05) is 24.5 Å². The largest absolute Gasteiger partial charge is 0.506 e. The summed E-state index contributed by atoms with van der Waals surface area (Å²) in [5.74, 6) is -2.20. The predicted molar refractivity (Wildman–Crippen MR) is 125 cm³/mol. The first kappa shape index (κ1) is 28.9. The molecule has 7 nitrogen and oxygen atoms in total. The average molecular weight is 501 g/mol. The molecule has 0 amide bonds. The first-order valence-corrected chi connectivity index (χ1v) is 12.0. The first-order valence-electron chi connectivity index (χ1n) is 12.0. The number of methoxy groups -OCH3 is 1. The van der Waals surface area contributed by atoms with Crippen molar-refractivity contribution in [1.82, 2.24) is 9.88 Å². The molecule has 0 saturated heterocycles. The number of hydrogen-bond acceptors (Lipinski definition) is 7. The number of ether oxygens (including phenoxy) is 2. The van der Waals surface area contributed by atoms with Crippen LogP contribution in [0.4, 0.5) is 13.2 Å². The number of aliphatic hydroxyl groups is 1. The number of hydrogen-bond donors (Lipinski definition) is 1. The van der Waals surface area contributed by atoms with Crippen LogP contribution in [0, 0.1) is 11.8 Å². The minimum atomic E-state index is -4.68. The van der Waals surface area contributed by atoms with E-state index in [9.17, 15) is 27.9 Å². The molecule has 2 aliphatic carbocycles. The number of rotatable bonds is 9. The SMILES string of the molecule is CCN(CC)CC.COCCOCc1nc(C(F)(F)F)ccc1C(O)=C1C(=O)C2CCC(C2)C1=O. The number of aliphatic hydroxyl groups excluding tert-OH is 1. The maximum Gasteiger partial charge on any atom is 0.433 e. The summed E-state index contributed by atoms with van der Waals surface area (Å²) in [5.41, 5.74) is -1.79. The van der Waals surface area contributed by atoms with Crippen molar-refractivity contribution >= 4 is 17.3 Å². The number of aromatic nitrogens is 1. The van der Waals surface area contributed by atoms with E-state index in [1.165, 1.54) is 26.7 Å². The molecule has 1 aromatic heterocycles. The minimum absolute atomic E-state index is 0.104. The Morgan fingerprint density at radius 1 is 1.06 bits per heavy atom. The molecule has 196 valence electrons. The quantitative estimate of drug-likeness (QED) is 0.232. The standard InChI is InChI=1S/C19H20F3NO5.C6H15N/c1-27-6-7-28-9-13-12(4-5-14(23-13)19(20,21)22)18(26)15-16(24)10-2-3-11(8-10)17(15)25;1-4-7(5-2)6-3/h4-5,10-11,26H,2-3,6-9H2,1H3;4-6H2,1-3H3. The number of carbonyl (C=O) groups excluding carboxylic acids is 2. The summed E-state index contributed by atoms with van der Waals surface area (Å²) < 4.78 is 49.2. The van der Waals surface area contributed by atoms with E-state index in [1.807, 2.05) is 0 Å². The molecule has 1 heterocycles. The van der Waals surface area contributed by atoms with Crippen LogP contribution in [0.3, 0.4) is 0 Å². The number of halogens is 3. The van der Waals surface area contributed by atoms with Gasteiger partial charge in [-0.1, -0.05) is 20.8 Å². The molecule has 0 spiro atoms. The summed E-state index contributed by atoms with van der Waals surface area (Å²) in [5, 5.41) is 10.7. The van der Waals surface area contributed by atoms with E-state index in [4.69, 9.17) is 9.47 Å². The normalized spacial score (nSPS) is 19.7. The van der Waals surface area contributed by atoms with Crippen LogP contribution < -0.4 is 0 Å². The molecule has 1 N–H and O–H groups in total. The Balaban J connectivity index is 0.000000540. The zero-order valence-corrected chi connectivity index (χ0v) is 20.8. The number of fused-ring (bicyclic) bond motifs is 2. The van der Waals surface area contributed by atoms with Gasteiger partial charge in [-0.25, -0.2) is 4.98 Å². The lowest BCUT2D eigenvalue weighted by Crippen LogP contribution is -2.30. The van der Waals surface area contributed by atoms with Crippen LogP contribution in [-0.4, -0.2) is 66.5 Å². The third-order valence-electron chi connectivity index (χ3n) is 6.44. The molecular formula is C25H35F3N2O5. The second-order valence-corrected chi connectivity index (χ2v) is 8.51. The van der Waals surface area contributed by atoms with Crippen molar-refractivity contribution in [2.24, 2.45) is 11.8 Å². The fourth-order valence-electron chi connectivity index (χ4n) is 4.32. The fourth-order valence-corrected chi connectivity index (χ4v) is 4.32. The van der Waals surface area contributed by atoms with E-state index in [-0.39, 0.29) is 48.5 Å². The molecule has 10 heteroatoms. The Morgan fingerprint density at radius 2 is 1.63 bits per heavy atom. The number of nitrogens with zero attached hydrogens (tertiary/aromatic N) is 2. The van der Waals surface area contributed by atoms with Gasteiger partial charge in [0.15, 0.2) is 11.6 Å². The molecule has 2 saturated carbocycles. The van der Waals surface area contributed by atoms with Gasteiger partial charge >= 0.3 is 6.18 Å². The Hall–Kier alpha value is -2.30. The highest BCUT2D eigenvalue weighted by Gasteiger charge is 2.45. The molecule has 3 rings (SSSR count). The van der Waals surface area contributed by atoms with Crippen molar-refractivity contribution in [3.63, 3.8) is 0 Å². The molecule has 0 aliphatic heterocycles. The van der Waals surface area contributed by atoms with Crippen LogP contribution in [-0.2, 0) is 31.8 Å². The Kier molecular flexibility index (Phi) is 10.9. The molecule has 2 aliphatic rings. The van der Waals surface area contributed by atoms with Crippen molar-refractivity contribution in [3.05, 3.63) is 34.7 Å². The summed E-state index contributed by atoms with van der Waals surface area (Å²) in [6, 6.07) is 1.72. The molecule has 2 unspecified atom stereocenters. The van der Waals surface area contributed by atoms with Gasteiger partial charge in [0.1, 0.15) is 17.0 Å². The van der Waals surface area contributed by atoms with Gasteiger partial charge in [-0.3, -0.25) is 9.59 Å². The lowest BCUT2D eigenvalue weighted by molar-refractivity contribution is -0.141. The fraction of sp³-hybridized carbons (Fsp3) is 0.640. The monoisotopic (exact) mass is 500 g/mol. The Bertz CT molecular complexity index is 883. The average Bonchev–Trinajstić information content (AvgIpc) is 3.29. The topological polar surface area (TPSA) is 89.0 Å². The summed E-state index contributed by atoms with van der Waals surface area (Å²) in [7, 11) is 1.45. The maximum absolute atomic E-state index is 13.0. The summed E-state index contributed by atoms with van der Waals surface area (Å²) in [6.07, 6.45) is -3.07. The van der Waals surface area contributed by atoms with Gasteiger partial charge < -0.3 is 19.5 Å². The highest BCUT2D eigenvalue weighted by atomic mass is 19.4. The molecule has 0 aromatic carbocycles. The third kappa shape index (κ3) is 7.35. The Labute approximate surface area is 204 Å². The zero-order chi connectivity index (χ0) is 26.2. The van der Waals surface area contributed by atoms with Gasteiger partial charge in [-0.15, -0.1) is 0 Å². The van der Waals surface area contributed by atoms with Crippen LogP contribution in [0.5, 0.6) is 0 Å². The van der Waals surface area contributed by atoms with Crippen LogP contribution in [0.1, 0.15) is 57.0 Å². The molecule has 2 atom stereocenters. The van der Waals surface area contributed by atoms with Crippen molar-refractivity contribution in [1.29, 1.82) is 0 Å². The van der Waals surface area contributed by atoms with E-state index in [0.29, 0.717) is 25.3 Å². The summed E-state index contributed by atoms with van der Waals surface area (Å²) in [6.45, 7) is 10.1. The van der Waals surface area contributed by atoms with Crippen LogP contribution >= 0.6 is 0 Å². The third-order valence-corrected chi connectivity index (χ3v) is 6.44. The minimum Gasteiger partial charge on any atom is -0.506 e. The molecule has 35 heavy (non-hydrogen) atoms. The lowest BCUT2D eigenvalue weighted by atomic mass is 9.81. The van der Waals surface area contributed by atoms with Gasteiger partial charge in [0.25, 0.3) is 0 Å². The van der Waals surface area contributed by atoms with Gasteiger partial charge in [-0.05, 0) is 51.0 Å². The van der Waals surface area contributed by atoms with Crippen LogP contribution in [0.2, 0.25) is 0 Å². The van der Waals surface area contributed by atoms with Gasteiger partial charge in [-0.2, -0.15) is 13.2 Å². The number of Topliss-reactive ketones (excluding diaryl/α,β-unsaturated/α-hetero) is 2. The van der Waals surface area contributed by atoms with Crippen LogP contribution in [0.15, 0.2) is 17.7 Å². The Morgan fingerprint density at radius 3 is 2.09 bits per heavy atom. The highest BCUT2D eigenvalue weighted by Crippen LogP contribution is 2.42. The van der Waals surface area contributed by atoms with Crippen LogP contribution in [0.25, 0.3) is 5.76 Å². The van der Waals surface area contributed by atoms with Crippen molar-refractivity contribution in [2.45, 2.75) is 52.8 Å². The molecule has 2 bridgehead atoms. The smallest absolute Gasteiger partial charge is 0.433 e. The van der Waals surface area contributed by atoms with Crippen molar-refractivity contribution < 1.29 is 37.3 Å². The molecule has 1 aromatic rings. The van der Waals surface area contributed by atoms with Crippen molar-refractivity contribution in [2.75, 3.05) is 40.0 Å². The van der Waals surface area contributed by atoms with E-state index in [2.05, 4.69) is 30.7 Å². The second-order valence-electron chi connectivity index (χ2n) is 8.51. The number of alkyl halides is 3. The number of carbonyl (C=O) groups is 2. The number of allylic oxidation sites excluding steroid dienone is 1. The second kappa shape index (κ2) is 13.1. The first-order chi connectivity index (χ1) is 16.6. The zero-order valence-electron chi connectivity index (χ0n) is 20.8. The highest BCUT2D eigenvalue weighted by molar-refractivity contribution is 6.27.